The number of rotatable bonds is 77. The highest BCUT2D eigenvalue weighted by Crippen LogP contribution is 2.45. The van der Waals surface area contributed by atoms with Gasteiger partial charge in [-0.3, -0.25) is 37.3 Å². The predicted octanol–water partition coefficient (Wildman–Crippen LogP) is 23.1. The van der Waals surface area contributed by atoms with Gasteiger partial charge >= 0.3 is 39.5 Å². The molecule has 17 nitrogen and oxygen atoms in total. The Bertz CT molecular complexity index is 2000. The van der Waals surface area contributed by atoms with Crippen LogP contribution in [0.4, 0.5) is 0 Å². The fourth-order valence-corrected chi connectivity index (χ4v) is 13.0. The zero-order valence-electron chi connectivity index (χ0n) is 63.0. The van der Waals surface area contributed by atoms with Gasteiger partial charge in [0.25, 0.3) is 0 Å². The van der Waals surface area contributed by atoms with Crippen molar-refractivity contribution in [3.63, 3.8) is 0 Å². The maximum Gasteiger partial charge on any atom is 0.472 e. The van der Waals surface area contributed by atoms with Crippen molar-refractivity contribution in [3.05, 3.63) is 36.5 Å². The molecule has 0 saturated heterocycles. The summed E-state index contributed by atoms with van der Waals surface area (Å²) in [5, 5.41) is 10.6. The van der Waals surface area contributed by atoms with Crippen LogP contribution in [0.5, 0.6) is 0 Å². The van der Waals surface area contributed by atoms with Crippen molar-refractivity contribution in [1.29, 1.82) is 0 Å². The number of aliphatic hydroxyl groups is 1. The standard InChI is InChI=1S/C79H148O17P2/c1-5-9-13-17-21-25-29-33-36-40-43-47-51-55-59-63-76(81)89-69-74(95-78(83)65-61-57-53-49-45-39-32-28-24-20-16-12-8-4)71-93-97(85,86)91-67-73(80)68-92-98(87,88)94-72-75(96-79(84)66-62-58-54-50-46-42-38-35-31-27-23-19-15-11-7-3)70-90-77(82)64-60-56-52-48-44-41-37-34-30-26-22-18-14-10-6-2/h25,28-29,32,34,37,73-75,80H,5-24,26-27,30-31,33,35-36,38-72H2,1-4H3,(H,85,86)(H,87,88)/b29-25-,32-28-,37-34-/t73-,74+,75+/m0/s1. The lowest BCUT2D eigenvalue weighted by Gasteiger charge is -2.21. The Hall–Kier alpha value is -2.72. The molecule has 0 aliphatic carbocycles. The number of aliphatic hydroxyl groups excluding tert-OH is 1. The van der Waals surface area contributed by atoms with Gasteiger partial charge in [-0.2, -0.15) is 0 Å². The van der Waals surface area contributed by atoms with Crippen LogP contribution in [0.3, 0.4) is 0 Å². The van der Waals surface area contributed by atoms with Gasteiger partial charge in [0.15, 0.2) is 12.2 Å². The molecule has 0 aromatic carbocycles. The summed E-state index contributed by atoms with van der Waals surface area (Å²) in [6, 6.07) is 0. The Kier molecular flexibility index (Phi) is 70.6. The van der Waals surface area contributed by atoms with E-state index in [0.29, 0.717) is 25.7 Å². The first-order chi connectivity index (χ1) is 47.7. The second-order valence-electron chi connectivity index (χ2n) is 27.4. The number of carbonyl (C=O) groups excluding carboxylic acids is 4. The largest absolute Gasteiger partial charge is 0.472 e. The van der Waals surface area contributed by atoms with E-state index in [2.05, 4.69) is 64.2 Å². The second kappa shape index (κ2) is 72.6. The molecule has 576 valence electrons. The van der Waals surface area contributed by atoms with Gasteiger partial charge in [-0.15, -0.1) is 0 Å². The molecule has 0 aromatic heterocycles. The molecule has 5 atom stereocenters. The van der Waals surface area contributed by atoms with Gasteiger partial charge in [-0.05, 0) is 103 Å². The number of unbranched alkanes of at least 4 members (excludes halogenated alkanes) is 45. The van der Waals surface area contributed by atoms with Crippen molar-refractivity contribution >= 4 is 39.5 Å². The van der Waals surface area contributed by atoms with Gasteiger partial charge in [0.1, 0.15) is 19.3 Å². The molecule has 0 amide bonds. The van der Waals surface area contributed by atoms with Gasteiger partial charge < -0.3 is 33.8 Å². The van der Waals surface area contributed by atoms with Crippen LogP contribution in [0.2, 0.25) is 0 Å². The summed E-state index contributed by atoms with van der Waals surface area (Å²) in [5.41, 5.74) is 0. The summed E-state index contributed by atoms with van der Waals surface area (Å²) in [4.78, 5) is 72.9. The first kappa shape index (κ1) is 95.3. The highest BCUT2D eigenvalue weighted by Gasteiger charge is 2.30. The fraction of sp³-hybridized carbons (Fsp3) is 0.873. The molecule has 0 aromatic rings. The van der Waals surface area contributed by atoms with Gasteiger partial charge in [0.2, 0.25) is 0 Å². The summed E-state index contributed by atoms with van der Waals surface area (Å²) < 4.78 is 68.6. The molecule has 0 spiro atoms. The topological polar surface area (TPSA) is 237 Å². The quantitative estimate of drug-likeness (QED) is 0.0169. The number of ether oxygens (including phenoxy) is 4. The number of phosphoric ester groups is 2. The van der Waals surface area contributed by atoms with E-state index in [0.717, 1.165) is 141 Å². The molecule has 0 saturated carbocycles. The van der Waals surface area contributed by atoms with Crippen LogP contribution >= 0.6 is 15.6 Å². The van der Waals surface area contributed by atoms with Crippen LogP contribution in [-0.4, -0.2) is 96.7 Å². The maximum atomic E-state index is 13.1. The first-order valence-corrected chi connectivity index (χ1v) is 43.2. The van der Waals surface area contributed by atoms with E-state index < -0.39 is 97.5 Å². The fourth-order valence-electron chi connectivity index (χ4n) is 11.4. The number of hydrogen-bond acceptors (Lipinski definition) is 15. The summed E-state index contributed by atoms with van der Waals surface area (Å²) in [6.07, 6.45) is 68.3. The molecular weight excluding hydrogens is 1280 g/mol. The van der Waals surface area contributed by atoms with E-state index in [1.54, 1.807) is 0 Å². The third-order valence-corrected chi connectivity index (χ3v) is 19.5. The molecule has 2 unspecified atom stereocenters. The van der Waals surface area contributed by atoms with Crippen LogP contribution in [0.1, 0.15) is 387 Å². The van der Waals surface area contributed by atoms with Crippen LogP contribution in [0.15, 0.2) is 36.5 Å². The van der Waals surface area contributed by atoms with Crippen molar-refractivity contribution in [1.82, 2.24) is 0 Å². The average Bonchev–Trinajstić information content (AvgIpc) is 0.959. The molecule has 0 fully saturated rings. The van der Waals surface area contributed by atoms with Crippen LogP contribution in [0, 0.1) is 0 Å². The molecule has 0 heterocycles. The molecule has 0 rings (SSSR count). The second-order valence-corrected chi connectivity index (χ2v) is 30.3. The van der Waals surface area contributed by atoms with E-state index in [-0.39, 0.29) is 25.7 Å². The molecular formula is C79H148O17P2. The minimum atomic E-state index is -4.97. The molecule has 0 aliphatic rings. The van der Waals surface area contributed by atoms with Gasteiger partial charge in [-0.1, -0.05) is 295 Å². The average molecular weight is 1430 g/mol. The van der Waals surface area contributed by atoms with Crippen LogP contribution < -0.4 is 0 Å². The normalized spacial score (nSPS) is 14.1. The summed E-state index contributed by atoms with van der Waals surface area (Å²) in [6.45, 7) is 4.91. The maximum absolute atomic E-state index is 13.1. The molecule has 0 radical (unpaired) electrons. The molecule has 3 N–H and O–H groups in total. The van der Waals surface area contributed by atoms with Crippen molar-refractivity contribution in [2.75, 3.05) is 39.6 Å². The van der Waals surface area contributed by atoms with E-state index in [1.807, 2.05) is 0 Å². The highest BCUT2D eigenvalue weighted by molar-refractivity contribution is 7.47. The zero-order chi connectivity index (χ0) is 71.8. The van der Waals surface area contributed by atoms with Crippen molar-refractivity contribution < 1.29 is 80.2 Å². The lowest BCUT2D eigenvalue weighted by Crippen LogP contribution is -2.30. The number of phosphoric acid groups is 2. The van der Waals surface area contributed by atoms with Crippen LogP contribution in [0.25, 0.3) is 0 Å². The lowest BCUT2D eigenvalue weighted by molar-refractivity contribution is -0.161. The van der Waals surface area contributed by atoms with Crippen molar-refractivity contribution in [3.8, 4) is 0 Å². The molecule has 98 heavy (non-hydrogen) atoms. The first-order valence-electron chi connectivity index (χ1n) is 40.2. The van der Waals surface area contributed by atoms with Gasteiger partial charge in [0, 0.05) is 25.7 Å². The molecule has 19 heteroatoms. The Balaban J connectivity index is 5.31. The van der Waals surface area contributed by atoms with Gasteiger partial charge in [-0.25, -0.2) is 9.13 Å². The third-order valence-electron chi connectivity index (χ3n) is 17.6. The highest BCUT2D eigenvalue weighted by atomic mass is 31.2. The summed E-state index contributed by atoms with van der Waals surface area (Å²) in [7, 11) is -9.93. The van der Waals surface area contributed by atoms with Crippen LogP contribution in [-0.2, 0) is 65.4 Å². The summed E-state index contributed by atoms with van der Waals surface area (Å²) in [5.74, 6) is -2.15. The van der Waals surface area contributed by atoms with E-state index >= 15 is 0 Å². The third kappa shape index (κ3) is 71.7. The zero-order valence-corrected chi connectivity index (χ0v) is 64.8. The number of esters is 4. The van der Waals surface area contributed by atoms with Gasteiger partial charge in [0.05, 0.1) is 26.4 Å². The Morgan fingerprint density at radius 2 is 0.469 bits per heavy atom. The summed E-state index contributed by atoms with van der Waals surface area (Å²) >= 11 is 0. The number of hydrogen-bond donors (Lipinski definition) is 3. The van der Waals surface area contributed by atoms with E-state index in [9.17, 15) is 43.2 Å². The van der Waals surface area contributed by atoms with Crippen molar-refractivity contribution in [2.45, 2.75) is 406 Å². The SMILES string of the molecule is CCCCCC/C=C\CCCCCCCCCC(=O)OC[C@H](COP(=O)(O)OC[C@H](O)COP(=O)(O)OC[C@@H](COC(=O)CCCCCCC/C=C\CCCCCCCC)OC(=O)CCCCCCCCCCCCCCCCC)OC(=O)CCCCCCC/C=C\CCCCCC. The van der Waals surface area contributed by atoms with E-state index in [1.165, 1.54) is 167 Å². The van der Waals surface area contributed by atoms with Crippen molar-refractivity contribution in [2.24, 2.45) is 0 Å². The Labute approximate surface area is 598 Å². The number of carbonyl (C=O) groups is 4. The predicted molar refractivity (Wildman–Crippen MR) is 400 cm³/mol. The monoisotopic (exact) mass is 1430 g/mol. The Morgan fingerprint density at radius 3 is 0.714 bits per heavy atom. The Morgan fingerprint density at radius 1 is 0.276 bits per heavy atom. The minimum absolute atomic E-state index is 0.0902. The minimum Gasteiger partial charge on any atom is -0.462 e. The van der Waals surface area contributed by atoms with E-state index in [4.69, 9.17) is 37.0 Å². The number of allylic oxidation sites excluding steroid dienone is 6. The molecule has 0 bridgehead atoms. The lowest BCUT2D eigenvalue weighted by atomic mass is 10.0. The molecule has 0 aliphatic heterocycles. The smallest absolute Gasteiger partial charge is 0.462 e.